The van der Waals surface area contributed by atoms with Crippen LogP contribution in [-0.2, 0) is 6.54 Å². The monoisotopic (exact) mass is 391 g/mol. The highest BCUT2D eigenvalue weighted by Crippen LogP contribution is 2.32. The molecule has 1 fully saturated rings. The molecule has 29 heavy (non-hydrogen) atoms. The molecule has 0 radical (unpaired) electrons. The van der Waals surface area contributed by atoms with Crippen LogP contribution in [-0.4, -0.2) is 52.8 Å². The number of aryl methyl sites for hydroxylation is 2. The third-order valence-electron chi connectivity index (χ3n) is 5.88. The van der Waals surface area contributed by atoms with Gasteiger partial charge in [0.2, 0.25) is 0 Å². The molecule has 6 heteroatoms. The fourth-order valence-electron chi connectivity index (χ4n) is 4.38. The molecule has 3 heterocycles. The lowest BCUT2D eigenvalue weighted by Gasteiger charge is -2.33. The van der Waals surface area contributed by atoms with Crippen molar-refractivity contribution < 1.29 is 4.79 Å². The molecule has 6 nitrogen and oxygen atoms in total. The third-order valence-corrected chi connectivity index (χ3v) is 5.88. The number of carbonyl (C=O) groups excluding carboxylic acids is 1. The van der Waals surface area contributed by atoms with Crippen molar-refractivity contribution in [2.75, 3.05) is 32.1 Å². The van der Waals surface area contributed by atoms with Gasteiger partial charge in [-0.15, -0.1) is 5.10 Å². The fourth-order valence-corrected chi connectivity index (χ4v) is 4.38. The number of hydrogen-bond donors (Lipinski definition) is 0. The predicted octanol–water partition coefficient (Wildman–Crippen LogP) is 3.85. The Labute approximate surface area is 172 Å². The number of benzene rings is 1. The lowest BCUT2D eigenvalue weighted by molar-refractivity contribution is 0.0704. The van der Waals surface area contributed by atoms with E-state index in [0.717, 1.165) is 32.5 Å². The first-order chi connectivity index (χ1) is 14.0. The zero-order chi connectivity index (χ0) is 20.5. The highest BCUT2D eigenvalue weighted by Gasteiger charge is 2.28. The Hall–Kier alpha value is -2.89. The summed E-state index contributed by atoms with van der Waals surface area (Å²) in [7, 11) is 3.81. The molecule has 152 valence electrons. The van der Waals surface area contributed by atoms with Crippen LogP contribution in [0.2, 0.25) is 0 Å². The van der Waals surface area contributed by atoms with Crippen molar-refractivity contribution in [2.45, 2.75) is 39.2 Å². The molecule has 1 aliphatic rings. The number of nitrogens with zero attached hydrogens (tertiary/aromatic N) is 5. The van der Waals surface area contributed by atoms with Gasteiger partial charge in [-0.05, 0) is 51.0 Å². The van der Waals surface area contributed by atoms with Gasteiger partial charge in [-0.25, -0.2) is 0 Å². The van der Waals surface area contributed by atoms with E-state index in [1.54, 1.807) is 6.20 Å². The first-order valence-corrected chi connectivity index (χ1v) is 10.4. The van der Waals surface area contributed by atoms with Crippen LogP contribution in [0.5, 0.6) is 0 Å². The Morgan fingerprint density at radius 1 is 1.24 bits per heavy atom. The number of fused-ring (bicyclic) bond motifs is 1. The van der Waals surface area contributed by atoms with Gasteiger partial charge in [0.1, 0.15) is 0 Å². The lowest BCUT2D eigenvalue weighted by atomic mass is 9.94. The summed E-state index contributed by atoms with van der Waals surface area (Å²) in [6.45, 7) is 6.80. The van der Waals surface area contributed by atoms with E-state index in [-0.39, 0.29) is 5.91 Å². The normalized spacial score (nSPS) is 17.0. The summed E-state index contributed by atoms with van der Waals surface area (Å²) in [4.78, 5) is 17.0. The number of piperidine rings is 1. The summed E-state index contributed by atoms with van der Waals surface area (Å²) in [5.41, 5.74) is 4.51. The molecule has 1 atom stereocenters. The van der Waals surface area contributed by atoms with Gasteiger partial charge in [-0.1, -0.05) is 11.6 Å². The summed E-state index contributed by atoms with van der Waals surface area (Å²) in [5, 5.41) is 9.40. The van der Waals surface area contributed by atoms with Crippen LogP contribution in [0, 0.1) is 6.92 Å². The molecule has 0 aliphatic carbocycles. The molecule has 1 aliphatic heterocycles. The van der Waals surface area contributed by atoms with Crippen LogP contribution in [0.1, 0.15) is 47.3 Å². The maximum absolute atomic E-state index is 13.2. The van der Waals surface area contributed by atoms with Crippen LogP contribution < -0.4 is 4.90 Å². The van der Waals surface area contributed by atoms with Gasteiger partial charge in [-0.3, -0.25) is 4.79 Å². The largest absolute Gasteiger partial charge is 0.361 e. The zero-order valence-electron chi connectivity index (χ0n) is 17.7. The van der Waals surface area contributed by atoms with Crippen LogP contribution in [0.3, 0.4) is 0 Å². The molecule has 0 spiro atoms. The van der Waals surface area contributed by atoms with Gasteiger partial charge in [0.05, 0.1) is 11.8 Å². The number of hydrogen-bond acceptors (Lipinski definition) is 4. The number of likely N-dealkylation sites (tertiary alicyclic amines) is 1. The summed E-state index contributed by atoms with van der Waals surface area (Å²) < 4.78 is 2.41. The summed E-state index contributed by atoms with van der Waals surface area (Å²) in [6, 6.07) is 10.8. The van der Waals surface area contributed by atoms with Crippen LogP contribution >= 0.6 is 0 Å². The second-order valence-electron chi connectivity index (χ2n) is 8.16. The fraction of sp³-hybridized carbons (Fsp3) is 0.435. The van der Waals surface area contributed by atoms with Crippen LogP contribution in [0.4, 0.5) is 5.82 Å². The van der Waals surface area contributed by atoms with Crippen molar-refractivity contribution in [3.63, 3.8) is 0 Å². The molecule has 4 rings (SSSR count). The second-order valence-corrected chi connectivity index (χ2v) is 8.16. The van der Waals surface area contributed by atoms with Crippen molar-refractivity contribution in [2.24, 2.45) is 0 Å². The van der Waals surface area contributed by atoms with Crippen molar-refractivity contribution in [3.8, 4) is 0 Å². The quantitative estimate of drug-likeness (QED) is 0.678. The molecule has 0 N–H and O–H groups in total. The number of anilines is 1. The number of carbonyl (C=O) groups is 1. The SMILES string of the molecule is CCn1c(C2CCCN(C(=O)c3cnnc(N(C)C)c3)C2)cc2cc(C)ccc21. The second kappa shape index (κ2) is 7.85. The highest BCUT2D eigenvalue weighted by molar-refractivity contribution is 5.94. The predicted molar refractivity (Wildman–Crippen MR) is 117 cm³/mol. The average molecular weight is 392 g/mol. The van der Waals surface area contributed by atoms with Crippen LogP contribution in [0.25, 0.3) is 10.9 Å². The topological polar surface area (TPSA) is 54.3 Å². The van der Waals surface area contributed by atoms with Gasteiger partial charge >= 0.3 is 0 Å². The van der Waals surface area contributed by atoms with Crippen molar-refractivity contribution >= 4 is 22.6 Å². The minimum atomic E-state index is 0.0442. The molecule has 1 aromatic carbocycles. The van der Waals surface area contributed by atoms with Crippen molar-refractivity contribution in [3.05, 3.63) is 53.3 Å². The lowest BCUT2D eigenvalue weighted by Crippen LogP contribution is -2.39. The Kier molecular flexibility index (Phi) is 5.26. The van der Waals surface area contributed by atoms with Crippen molar-refractivity contribution in [1.82, 2.24) is 19.7 Å². The minimum Gasteiger partial charge on any atom is -0.361 e. The molecule has 0 saturated carbocycles. The molecule has 2 aromatic heterocycles. The van der Waals surface area contributed by atoms with E-state index >= 15 is 0 Å². The molecule has 3 aromatic rings. The summed E-state index contributed by atoms with van der Waals surface area (Å²) in [5.74, 6) is 1.09. The summed E-state index contributed by atoms with van der Waals surface area (Å²) >= 11 is 0. The number of rotatable bonds is 4. The first-order valence-electron chi connectivity index (χ1n) is 10.4. The molecule has 1 amide bonds. The Bertz CT molecular complexity index is 1040. The van der Waals surface area contributed by atoms with E-state index in [1.165, 1.54) is 22.2 Å². The van der Waals surface area contributed by atoms with E-state index in [4.69, 9.17) is 0 Å². The Morgan fingerprint density at radius 3 is 2.83 bits per heavy atom. The zero-order valence-corrected chi connectivity index (χ0v) is 17.7. The van der Waals surface area contributed by atoms with Gasteiger partial charge < -0.3 is 14.4 Å². The maximum Gasteiger partial charge on any atom is 0.255 e. The van der Waals surface area contributed by atoms with Gasteiger partial charge in [0.25, 0.3) is 5.91 Å². The molecule has 1 saturated heterocycles. The standard InChI is InChI=1S/C23H29N5O/c1-5-28-20-9-8-16(2)11-18(20)12-21(28)17-7-6-10-27(15-17)23(29)19-13-22(26(3)4)25-24-14-19/h8-9,11-14,17H,5-7,10,15H2,1-4H3. The number of amides is 1. The smallest absolute Gasteiger partial charge is 0.255 e. The molecule has 1 unspecified atom stereocenters. The van der Waals surface area contributed by atoms with E-state index in [1.807, 2.05) is 30.0 Å². The van der Waals surface area contributed by atoms with E-state index < -0.39 is 0 Å². The highest BCUT2D eigenvalue weighted by atomic mass is 16.2. The Morgan fingerprint density at radius 2 is 2.07 bits per heavy atom. The van der Waals surface area contributed by atoms with E-state index in [2.05, 4.69) is 52.9 Å². The summed E-state index contributed by atoms with van der Waals surface area (Å²) in [6.07, 6.45) is 3.70. The Balaban J connectivity index is 1.61. The molecule has 0 bridgehead atoms. The number of aromatic nitrogens is 3. The van der Waals surface area contributed by atoms with E-state index in [0.29, 0.717) is 17.3 Å². The van der Waals surface area contributed by atoms with E-state index in [9.17, 15) is 4.79 Å². The third kappa shape index (κ3) is 3.71. The van der Waals surface area contributed by atoms with Gasteiger partial charge in [0.15, 0.2) is 5.82 Å². The minimum absolute atomic E-state index is 0.0442. The van der Waals surface area contributed by atoms with Gasteiger partial charge in [-0.2, -0.15) is 5.10 Å². The molecular formula is C23H29N5O. The van der Waals surface area contributed by atoms with Gasteiger partial charge in [0, 0.05) is 56.2 Å². The molecular weight excluding hydrogens is 362 g/mol. The van der Waals surface area contributed by atoms with Crippen molar-refractivity contribution in [1.29, 1.82) is 0 Å². The first kappa shape index (κ1) is 19.4. The van der Waals surface area contributed by atoms with Crippen LogP contribution in [0.15, 0.2) is 36.5 Å². The maximum atomic E-state index is 13.2. The average Bonchev–Trinajstić information content (AvgIpc) is 3.11.